The number of likely N-dealkylation sites (N-methyl/N-ethyl adjacent to an activating group) is 1. The summed E-state index contributed by atoms with van der Waals surface area (Å²) in [6.07, 6.45) is 10.8. The Morgan fingerprint density at radius 1 is 1.32 bits per heavy atom. The number of aromatic nitrogens is 2. The largest absolute Gasteiger partial charge is 0.316 e. The molecule has 2 fully saturated rings. The molecule has 0 aliphatic carbocycles. The van der Waals surface area contributed by atoms with Crippen LogP contribution in [0.1, 0.15) is 31.2 Å². The third-order valence-corrected chi connectivity index (χ3v) is 5.29. The Bertz CT molecular complexity index is 414. The normalized spacial score (nSPS) is 32.7. The first-order chi connectivity index (χ1) is 9.17. The number of nitrogens with one attached hydrogen (secondary N) is 1. The van der Waals surface area contributed by atoms with E-state index in [1.165, 1.54) is 31.2 Å². The highest BCUT2D eigenvalue weighted by molar-refractivity contribution is 5.08. The van der Waals surface area contributed by atoms with Crippen molar-refractivity contribution < 1.29 is 0 Å². The summed E-state index contributed by atoms with van der Waals surface area (Å²) in [5, 5.41) is 7.84. The molecule has 2 aliphatic rings. The van der Waals surface area contributed by atoms with Crippen LogP contribution in [0.4, 0.5) is 0 Å². The molecule has 4 heteroatoms. The zero-order valence-electron chi connectivity index (χ0n) is 12.3. The standard InChI is InChI=1S/C15H26N4/c1-16-15(6-11-9-17-18(2)10-11)12-7-13-4-5-14(8-12)19(13)3/h9-10,12-16H,4-8H2,1-3H3. The summed E-state index contributed by atoms with van der Waals surface area (Å²) in [5.41, 5.74) is 1.35. The molecule has 0 radical (unpaired) electrons. The fraction of sp³-hybridized carbons (Fsp3) is 0.800. The van der Waals surface area contributed by atoms with E-state index >= 15 is 0 Å². The fourth-order valence-electron chi connectivity index (χ4n) is 4.12. The number of rotatable bonds is 4. The molecule has 0 aromatic carbocycles. The van der Waals surface area contributed by atoms with Crippen molar-refractivity contribution in [3.05, 3.63) is 18.0 Å². The van der Waals surface area contributed by atoms with E-state index in [0.717, 1.165) is 24.4 Å². The molecule has 0 spiro atoms. The Labute approximate surface area is 116 Å². The minimum absolute atomic E-state index is 0.598. The molecule has 106 valence electrons. The SMILES string of the molecule is CNC(Cc1cnn(C)c1)C1CC2CCC(C1)N2C. The Morgan fingerprint density at radius 2 is 2.00 bits per heavy atom. The molecule has 4 nitrogen and oxygen atoms in total. The third kappa shape index (κ3) is 2.56. The Hall–Kier alpha value is -0.870. The summed E-state index contributed by atoms with van der Waals surface area (Å²) in [7, 11) is 6.42. The molecule has 3 unspecified atom stereocenters. The summed E-state index contributed by atoms with van der Waals surface area (Å²) >= 11 is 0. The van der Waals surface area contributed by atoms with Crippen LogP contribution < -0.4 is 5.32 Å². The first-order valence-electron chi connectivity index (χ1n) is 7.54. The molecule has 0 saturated carbocycles. The first-order valence-corrected chi connectivity index (χ1v) is 7.54. The van der Waals surface area contributed by atoms with Crippen LogP contribution in [0.3, 0.4) is 0 Å². The van der Waals surface area contributed by atoms with Crippen LogP contribution in [0, 0.1) is 5.92 Å². The van der Waals surface area contributed by atoms with E-state index in [-0.39, 0.29) is 0 Å². The maximum absolute atomic E-state index is 4.28. The van der Waals surface area contributed by atoms with Crippen molar-refractivity contribution in [3.8, 4) is 0 Å². The van der Waals surface area contributed by atoms with Crippen LogP contribution in [0.25, 0.3) is 0 Å². The monoisotopic (exact) mass is 262 g/mol. The van der Waals surface area contributed by atoms with Gasteiger partial charge in [0.2, 0.25) is 0 Å². The van der Waals surface area contributed by atoms with Crippen molar-refractivity contribution in [2.24, 2.45) is 13.0 Å². The van der Waals surface area contributed by atoms with Gasteiger partial charge in [0, 0.05) is 31.4 Å². The lowest BCUT2D eigenvalue weighted by atomic mass is 9.83. The van der Waals surface area contributed by atoms with Gasteiger partial charge in [-0.25, -0.2) is 0 Å². The van der Waals surface area contributed by atoms with Crippen LogP contribution >= 0.6 is 0 Å². The summed E-state index contributed by atoms with van der Waals surface area (Å²) in [5.74, 6) is 0.818. The zero-order valence-corrected chi connectivity index (χ0v) is 12.3. The third-order valence-electron chi connectivity index (χ3n) is 5.29. The molecule has 1 aromatic rings. The van der Waals surface area contributed by atoms with E-state index < -0.39 is 0 Å². The van der Waals surface area contributed by atoms with E-state index in [2.05, 4.69) is 35.6 Å². The fourth-order valence-corrected chi connectivity index (χ4v) is 4.12. The van der Waals surface area contributed by atoms with Crippen LogP contribution in [0.5, 0.6) is 0 Å². The maximum atomic E-state index is 4.28. The van der Waals surface area contributed by atoms with E-state index in [0.29, 0.717) is 6.04 Å². The molecule has 1 N–H and O–H groups in total. The molecule has 3 rings (SSSR count). The average molecular weight is 262 g/mol. The van der Waals surface area contributed by atoms with Crippen molar-refractivity contribution in [3.63, 3.8) is 0 Å². The lowest BCUT2D eigenvalue weighted by Gasteiger charge is -2.39. The maximum Gasteiger partial charge on any atom is 0.0522 e. The van der Waals surface area contributed by atoms with E-state index in [9.17, 15) is 0 Å². The Kier molecular flexibility index (Phi) is 3.63. The number of piperidine rings is 1. The number of hydrogen-bond acceptors (Lipinski definition) is 3. The molecule has 2 aliphatic heterocycles. The van der Waals surface area contributed by atoms with Gasteiger partial charge in [0.25, 0.3) is 0 Å². The zero-order chi connectivity index (χ0) is 13.4. The van der Waals surface area contributed by atoms with Crippen molar-refractivity contribution >= 4 is 0 Å². The van der Waals surface area contributed by atoms with Crippen molar-refractivity contribution in [1.29, 1.82) is 0 Å². The molecule has 2 saturated heterocycles. The highest BCUT2D eigenvalue weighted by Crippen LogP contribution is 2.39. The molecule has 3 atom stereocenters. The Balaban J connectivity index is 1.66. The van der Waals surface area contributed by atoms with Gasteiger partial charge in [0.1, 0.15) is 0 Å². The Morgan fingerprint density at radius 3 is 2.53 bits per heavy atom. The van der Waals surface area contributed by atoms with Crippen LogP contribution in [0.2, 0.25) is 0 Å². The van der Waals surface area contributed by atoms with Gasteiger partial charge in [-0.1, -0.05) is 0 Å². The summed E-state index contributed by atoms with van der Waals surface area (Å²) in [4.78, 5) is 2.62. The number of hydrogen-bond donors (Lipinski definition) is 1. The van der Waals surface area contributed by atoms with Gasteiger partial charge in [-0.15, -0.1) is 0 Å². The van der Waals surface area contributed by atoms with E-state index in [1.807, 2.05) is 17.9 Å². The van der Waals surface area contributed by atoms with Crippen molar-refractivity contribution in [1.82, 2.24) is 20.0 Å². The van der Waals surface area contributed by atoms with E-state index in [1.54, 1.807) is 0 Å². The van der Waals surface area contributed by atoms with Crippen molar-refractivity contribution in [2.45, 2.75) is 50.2 Å². The van der Waals surface area contributed by atoms with Gasteiger partial charge in [-0.05, 0) is 57.7 Å². The topological polar surface area (TPSA) is 33.1 Å². The molecule has 1 aromatic heterocycles. The summed E-state index contributed by atoms with van der Waals surface area (Å²) in [6.45, 7) is 0. The molecule has 3 heterocycles. The molecular formula is C15H26N4. The second kappa shape index (κ2) is 5.25. The molecule has 19 heavy (non-hydrogen) atoms. The van der Waals surface area contributed by atoms with Gasteiger partial charge in [-0.2, -0.15) is 5.10 Å². The van der Waals surface area contributed by atoms with Crippen LogP contribution in [-0.4, -0.2) is 46.9 Å². The lowest BCUT2D eigenvalue weighted by Crippen LogP contribution is -2.47. The van der Waals surface area contributed by atoms with Crippen LogP contribution in [-0.2, 0) is 13.5 Å². The number of fused-ring (bicyclic) bond motifs is 2. The predicted molar refractivity (Wildman–Crippen MR) is 77.1 cm³/mol. The quantitative estimate of drug-likeness (QED) is 0.891. The predicted octanol–water partition coefficient (Wildman–Crippen LogP) is 1.42. The highest BCUT2D eigenvalue weighted by Gasteiger charge is 2.40. The van der Waals surface area contributed by atoms with Gasteiger partial charge < -0.3 is 10.2 Å². The minimum atomic E-state index is 0.598. The van der Waals surface area contributed by atoms with Gasteiger partial charge in [0.05, 0.1) is 6.20 Å². The summed E-state index contributed by atoms with van der Waals surface area (Å²) < 4.78 is 1.90. The molecular weight excluding hydrogens is 236 g/mol. The second-order valence-corrected chi connectivity index (χ2v) is 6.40. The summed E-state index contributed by atoms with van der Waals surface area (Å²) in [6, 6.07) is 2.25. The smallest absolute Gasteiger partial charge is 0.0522 e. The van der Waals surface area contributed by atoms with Gasteiger partial charge >= 0.3 is 0 Å². The van der Waals surface area contributed by atoms with Crippen LogP contribution in [0.15, 0.2) is 12.4 Å². The number of aryl methyl sites for hydroxylation is 1. The minimum Gasteiger partial charge on any atom is -0.316 e. The molecule has 2 bridgehead atoms. The first kappa shape index (κ1) is 13.1. The highest BCUT2D eigenvalue weighted by atomic mass is 15.2. The van der Waals surface area contributed by atoms with Crippen molar-refractivity contribution in [2.75, 3.05) is 14.1 Å². The van der Waals surface area contributed by atoms with Gasteiger partial charge in [-0.3, -0.25) is 4.68 Å². The number of nitrogens with zero attached hydrogens (tertiary/aromatic N) is 3. The second-order valence-electron chi connectivity index (χ2n) is 6.40. The average Bonchev–Trinajstić information content (AvgIpc) is 2.87. The molecule has 0 amide bonds. The lowest BCUT2D eigenvalue weighted by molar-refractivity contribution is 0.114. The van der Waals surface area contributed by atoms with E-state index in [4.69, 9.17) is 0 Å². The van der Waals surface area contributed by atoms with Gasteiger partial charge in [0.15, 0.2) is 0 Å².